The van der Waals surface area contributed by atoms with E-state index < -0.39 is 21.5 Å². The molecule has 0 bridgehead atoms. The van der Waals surface area contributed by atoms with E-state index in [9.17, 15) is 18.3 Å². The molecule has 1 aliphatic heterocycles. The van der Waals surface area contributed by atoms with Crippen LogP contribution >= 0.6 is 0 Å². The van der Waals surface area contributed by atoms with Gasteiger partial charge in [-0.2, -0.15) is 4.31 Å². The Morgan fingerprint density at radius 3 is 2.44 bits per heavy atom. The van der Waals surface area contributed by atoms with Gasteiger partial charge in [-0.25, -0.2) is 8.42 Å². The summed E-state index contributed by atoms with van der Waals surface area (Å²) in [6.45, 7) is 5.48. The standard InChI is InChI=1S/C10H19NO4S/c1-4-5-10(3,9(12)13)11-6-8(2)7-16(11,14)15/h8H,4-7H2,1-3H3,(H,12,13). The molecular formula is C10H19NO4S. The molecule has 0 spiro atoms. The third-order valence-corrected chi connectivity index (χ3v) is 5.27. The van der Waals surface area contributed by atoms with Gasteiger partial charge >= 0.3 is 5.97 Å². The smallest absolute Gasteiger partial charge is 0.324 e. The average molecular weight is 249 g/mol. The molecule has 1 aliphatic rings. The zero-order valence-corrected chi connectivity index (χ0v) is 10.7. The van der Waals surface area contributed by atoms with Crippen molar-refractivity contribution >= 4 is 16.0 Å². The average Bonchev–Trinajstić information content (AvgIpc) is 2.39. The monoisotopic (exact) mass is 249 g/mol. The van der Waals surface area contributed by atoms with Crippen molar-refractivity contribution in [3.05, 3.63) is 0 Å². The van der Waals surface area contributed by atoms with Crippen molar-refractivity contribution in [3.63, 3.8) is 0 Å². The quantitative estimate of drug-likeness (QED) is 0.803. The number of sulfonamides is 1. The Hall–Kier alpha value is -0.620. The summed E-state index contributed by atoms with van der Waals surface area (Å²) in [5.41, 5.74) is -1.29. The van der Waals surface area contributed by atoms with Crippen molar-refractivity contribution in [2.75, 3.05) is 12.3 Å². The van der Waals surface area contributed by atoms with Crippen LogP contribution in [-0.2, 0) is 14.8 Å². The highest BCUT2D eigenvalue weighted by molar-refractivity contribution is 7.89. The lowest BCUT2D eigenvalue weighted by atomic mass is 9.95. The molecule has 0 aromatic carbocycles. The second kappa shape index (κ2) is 4.33. The first-order chi connectivity index (χ1) is 7.24. The Morgan fingerprint density at radius 2 is 2.12 bits per heavy atom. The van der Waals surface area contributed by atoms with E-state index in [1.807, 2.05) is 13.8 Å². The van der Waals surface area contributed by atoms with E-state index in [4.69, 9.17) is 0 Å². The van der Waals surface area contributed by atoms with Gasteiger partial charge in [0.2, 0.25) is 10.0 Å². The lowest BCUT2D eigenvalue weighted by Gasteiger charge is -2.33. The van der Waals surface area contributed by atoms with E-state index in [1.54, 1.807) is 0 Å². The van der Waals surface area contributed by atoms with Gasteiger partial charge in [0.25, 0.3) is 0 Å². The predicted molar refractivity (Wildman–Crippen MR) is 60.6 cm³/mol. The summed E-state index contributed by atoms with van der Waals surface area (Å²) < 4.78 is 24.9. The molecule has 0 aromatic rings. The summed E-state index contributed by atoms with van der Waals surface area (Å²) in [5, 5.41) is 9.24. The Bertz CT molecular complexity index is 378. The number of carbonyl (C=O) groups is 1. The maximum absolute atomic E-state index is 11.9. The third-order valence-electron chi connectivity index (χ3n) is 3.06. The SMILES string of the molecule is CCCC(C)(C(=O)O)N1CC(C)CS1(=O)=O. The summed E-state index contributed by atoms with van der Waals surface area (Å²) in [4.78, 5) is 11.3. The summed E-state index contributed by atoms with van der Waals surface area (Å²) in [5.74, 6) is -1.01. The van der Waals surface area contributed by atoms with Crippen molar-refractivity contribution in [2.24, 2.45) is 5.92 Å². The highest BCUT2D eigenvalue weighted by Gasteiger charge is 2.49. The molecule has 94 valence electrons. The maximum atomic E-state index is 11.9. The molecule has 0 radical (unpaired) electrons. The fourth-order valence-corrected chi connectivity index (χ4v) is 4.50. The van der Waals surface area contributed by atoms with Gasteiger partial charge in [-0.1, -0.05) is 20.3 Å². The van der Waals surface area contributed by atoms with E-state index in [-0.39, 0.29) is 11.7 Å². The van der Waals surface area contributed by atoms with Crippen LogP contribution in [0.2, 0.25) is 0 Å². The minimum atomic E-state index is -3.41. The van der Waals surface area contributed by atoms with Crippen molar-refractivity contribution in [3.8, 4) is 0 Å². The van der Waals surface area contributed by atoms with E-state index >= 15 is 0 Å². The lowest BCUT2D eigenvalue weighted by molar-refractivity contribution is -0.147. The van der Waals surface area contributed by atoms with Gasteiger partial charge in [0.15, 0.2) is 0 Å². The van der Waals surface area contributed by atoms with Crippen LogP contribution in [0.5, 0.6) is 0 Å². The van der Waals surface area contributed by atoms with Crippen LogP contribution in [0.25, 0.3) is 0 Å². The fraction of sp³-hybridized carbons (Fsp3) is 0.900. The Labute approximate surface area is 96.5 Å². The molecule has 2 unspecified atom stereocenters. The molecule has 5 nitrogen and oxygen atoms in total. The van der Waals surface area contributed by atoms with Gasteiger partial charge in [-0.05, 0) is 19.3 Å². The molecule has 2 atom stereocenters. The van der Waals surface area contributed by atoms with Gasteiger partial charge in [-0.3, -0.25) is 4.79 Å². The number of carboxylic acids is 1. The van der Waals surface area contributed by atoms with Gasteiger partial charge in [0.05, 0.1) is 5.75 Å². The molecule has 1 fully saturated rings. The van der Waals surface area contributed by atoms with E-state index in [0.29, 0.717) is 19.4 Å². The Morgan fingerprint density at radius 1 is 1.56 bits per heavy atom. The number of nitrogens with zero attached hydrogens (tertiary/aromatic N) is 1. The predicted octanol–water partition coefficient (Wildman–Crippen LogP) is 0.911. The molecule has 0 aliphatic carbocycles. The molecule has 6 heteroatoms. The molecular weight excluding hydrogens is 230 g/mol. The van der Waals surface area contributed by atoms with Crippen LogP contribution in [0.4, 0.5) is 0 Å². The van der Waals surface area contributed by atoms with E-state index in [2.05, 4.69) is 0 Å². The summed E-state index contributed by atoms with van der Waals surface area (Å²) in [7, 11) is -3.41. The Kier molecular flexibility index (Phi) is 3.64. The van der Waals surface area contributed by atoms with Gasteiger partial charge in [-0.15, -0.1) is 0 Å². The van der Waals surface area contributed by atoms with Gasteiger partial charge in [0, 0.05) is 6.54 Å². The van der Waals surface area contributed by atoms with E-state index in [1.165, 1.54) is 6.92 Å². The maximum Gasteiger partial charge on any atom is 0.324 e. The van der Waals surface area contributed by atoms with Gasteiger partial charge in [0.1, 0.15) is 5.54 Å². The van der Waals surface area contributed by atoms with Crippen LogP contribution in [0, 0.1) is 5.92 Å². The first-order valence-corrected chi connectivity index (χ1v) is 7.09. The largest absolute Gasteiger partial charge is 0.480 e. The van der Waals surface area contributed by atoms with Crippen molar-refractivity contribution < 1.29 is 18.3 Å². The number of hydrogen-bond donors (Lipinski definition) is 1. The number of carboxylic acid groups (broad SMARTS) is 1. The molecule has 16 heavy (non-hydrogen) atoms. The molecule has 1 saturated heterocycles. The zero-order chi connectivity index (χ0) is 12.6. The van der Waals surface area contributed by atoms with Gasteiger partial charge < -0.3 is 5.11 Å². The second-order valence-electron chi connectivity index (χ2n) is 4.74. The molecule has 0 saturated carbocycles. The highest BCUT2D eigenvalue weighted by atomic mass is 32.2. The zero-order valence-electron chi connectivity index (χ0n) is 9.93. The van der Waals surface area contributed by atoms with Crippen LogP contribution < -0.4 is 0 Å². The topological polar surface area (TPSA) is 74.7 Å². The number of aliphatic carboxylic acids is 1. The molecule has 0 amide bonds. The summed E-state index contributed by atoms with van der Waals surface area (Å²) in [6.07, 6.45) is 0.984. The fourth-order valence-electron chi connectivity index (χ4n) is 2.23. The lowest BCUT2D eigenvalue weighted by Crippen LogP contribution is -2.53. The van der Waals surface area contributed by atoms with Crippen LogP contribution in [0.3, 0.4) is 0 Å². The minimum absolute atomic E-state index is 0.000492. The van der Waals surface area contributed by atoms with Crippen molar-refractivity contribution in [1.29, 1.82) is 0 Å². The highest BCUT2D eigenvalue weighted by Crippen LogP contribution is 2.31. The number of hydrogen-bond acceptors (Lipinski definition) is 3. The normalized spacial score (nSPS) is 28.8. The third kappa shape index (κ3) is 2.22. The van der Waals surface area contributed by atoms with Crippen molar-refractivity contribution in [2.45, 2.75) is 39.2 Å². The molecule has 0 aromatic heterocycles. The first kappa shape index (κ1) is 13.4. The first-order valence-electron chi connectivity index (χ1n) is 5.48. The minimum Gasteiger partial charge on any atom is -0.480 e. The molecule has 1 rings (SSSR count). The van der Waals surface area contributed by atoms with Crippen LogP contribution in [0.1, 0.15) is 33.6 Å². The van der Waals surface area contributed by atoms with Crippen LogP contribution in [0.15, 0.2) is 0 Å². The molecule has 1 heterocycles. The molecule has 1 N–H and O–H groups in total. The van der Waals surface area contributed by atoms with E-state index in [0.717, 1.165) is 4.31 Å². The summed E-state index contributed by atoms with van der Waals surface area (Å²) >= 11 is 0. The van der Waals surface area contributed by atoms with Crippen molar-refractivity contribution in [1.82, 2.24) is 4.31 Å². The summed E-state index contributed by atoms with van der Waals surface area (Å²) in [6, 6.07) is 0. The second-order valence-corrected chi connectivity index (χ2v) is 6.68. The Balaban J connectivity index is 3.10. The van der Waals surface area contributed by atoms with Crippen LogP contribution in [-0.4, -0.2) is 41.6 Å². The number of rotatable bonds is 4.